The van der Waals surface area contributed by atoms with Crippen LogP contribution in [0.15, 0.2) is 18.5 Å². The van der Waals surface area contributed by atoms with Gasteiger partial charge in [-0.1, -0.05) is 6.08 Å². The van der Waals surface area contributed by atoms with Gasteiger partial charge in [0.2, 0.25) is 6.41 Å². The molecule has 2 aliphatic heterocycles. The van der Waals surface area contributed by atoms with Crippen molar-refractivity contribution in [1.82, 2.24) is 14.7 Å². The van der Waals surface area contributed by atoms with E-state index in [2.05, 4.69) is 17.4 Å². The Balaban J connectivity index is 1.59. The molecule has 4 rings (SSSR count). The Bertz CT molecular complexity index is 518. The maximum absolute atomic E-state index is 10.8. The minimum atomic E-state index is 0.304. The van der Waals surface area contributed by atoms with E-state index in [1.165, 1.54) is 11.1 Å². The molecule has 0 N–H and O–H groups in total. The number of hydrogen-bond donors (Lipinski definition) is 0. The van der Waals surface area contributed by atoms with Crippen molar-refractivity contribution in [2.45, 2.75) is 18.5 Å². The first-order chi connectivity index (χ1) is 8.85. The van der Waals surface area contributed by atoms with Crippen molar-refractivity contribution in [1.29, 1.82) is 0 Å². The van der Waals surface area contributed by atoms with Crippen LogP contribution in [0.25, 0.3) is 5.57 Å². The predicted molar refractivity (Wildman–Crippen MR) is 64.7 cm³/mol. The second-order valence-corrected chi connectivity index (χ2v) is 5.32. The van der Waals surface area contributed by atoms with Gasteiger partial charge in [-0.3, -0.25) is 9.48 Å². The molecule has 2 fully saturated rings. The Labute approximate surface area is 105 Å². The maximum Gasteiger partial charge on any atom is 0.210 e. The fourth-order valence-corrected chi connectivity index (χ4v) is 3.14. The van der Waals surface area contributed by atoms with Crippen molar-refractivity contribution in [3.8, 4) is 0 Å². The molecule has 1 aromatic rings. The SMILES string of the molecule is O=CN1CC2CC1C=C2c1cnn(C2COC2)c1. The number of carbonyl (C=O) groups excluding carboxylic acids is 1. The van der Waals surface area contributed by atoms with E-state index in [-0.39, 0.29) is 0 Å². The molecular formula is C13H15N3O2. The van der Waals surface area contributed by atoms with E-state index in [9.17, 15) is 4.79 Å². The molecule has 5 heteroatoms. The third-order valence-corrected chi connectivity index (χ3v) is 4.26. The molecule has 1 aliphatic carbocycles. The number of amides is 1. The van der Waals surface area contributed by atoms with Crippen LogP contribution < -0.4 is 0 Å². The van der Waals surface area contributed by atoms with Crippen LogP contribution in [0.4, 0.5) is 0 Å². The molecule has 0 radical (unpaired) electrons. The van der Waals surface area contributed by atoms with Gasteiger partial charge < -0.3 is 9.64 Å². The maximum atomic E-state index is 10.8. The molecule has 3 aliphatic rings. The van der Waals surface area contributed by atoms with Crippen LogP contribution in [0, 0.1) is 5.92 Å². The zero-order valence-electron chi connectivity index (χ0n) is 10.0. The van der Waals surface area contributed by atoms with Crippen molar-refractivity contribution in [2.24, 2.45) is 5.92 Å². The third kappa shape index (κ3) is 1.37. The van der Waals surface area contributed by atoms with Crippen LogP contribution in [-0.2, 0) is 9.53 Å². The Morgan fingerprint density at radius 1 is 1.44 bits per heavy atom. The number of likely N-dealkylation sites (tertiary alicyclic amines) is 1. The van der Waals surface area contributed by atoms with Gasteiger partial charge in [0.1, 0.15) is 0 Å². The Kier molecular flexibility index (Phi) is 2.11. The molecule has 2 saturated heterocycles. The van der Waals surface area contributed by atoms with Crippen molar-refractivity contribution in [3.63, 3.8) is 0 Å². The van der Waals surface area contributed by atoms with Crippen molar-refractivity contribution >= 4 is 12.0 Å². The summed E-state index contributed by atoms with van der Waals surface area (Å²) < 4.78 is 7.18. The predicted octanol–water partition coefficient (Wildman–Crippen LogP) is 0.698. The monoisotopic (exact) mass is 245 g/mol. The zero-order valence-corrected chi connectivity index (χ0v) is 10.0. The van der Waals surface area contributed by atoms with E-state index in [0.717, 1.165) is 32.6 Å². The van der Waals surface area contributed by atoms with Crippen molar-refractivity contribution in [3.05, 3.63) is 24.0 Å². The van der Waals surface area contributed by atoms with Gasteiger partial charge >= 0.3 is 0 Å². The summed E-state index contributed by atoms with van der Waals surface area (Å²) in [6.07, 6.45) is 8.32. The first-order valence-corrected chi connectivity index (χ1v) is 6.40. The second-order valence-electron chi connectivity index (χ2n) is 5.32. The molecular weight excluding hydrogens is 230 g/mol. The molecule has 0 aromatic carbocycles. The minimum absolute atomic E-state index is 0.304. The fraction of sp³-hybridized carbons (Fsp3) is 0.538. The first kappa shape index (κ1) is 10.3. The van der Waals surface area contributed by atoms with Gasteiger partial charge in [0.05, 0.1) is 31.5 Å². The van der Waals surface area contributed by atoms with Crippen LogP contribution in [-0.4, -0.2) is 46.9 Å². The van der Waals surface area contributed by atoms with Crippen LogP contribution in [0.2, 0.25) is 0 Å². The summed E-state index contributed by atoms with van der Waals surface area (Å²) in [5.74, 6) is 0.496. The van der Waals surface area contributed by atoms with Crippen molar-refractivity contribution < 1.29 is 9.53 Å². The number of rotatable bonds is 3. The molecule has 0 saturated carbocycles. The molecule has 5 nitrogen and oxygen atoms in total. The average Bonchev–Trinajstić information content (AvgIpc) is 2.99. The summed E-state index contributed by atoms with van der Waals surface area (Å²) in [7, 11) is 0. The zero-order chi connectivity index (χ0) is 12.1. The first-order valence-electron chi connectivity index (χ1n) is 6.40. The van der Waals surface area contributed by atoms with Gasteiger partial charge in [-0.25, -0.2) is 0 Å². The molecule has 2 atom stereocenters. The summed E-state index contributed by atoms with van der Waals surface area (Å²) in [5, 5.41) is 4.42. The van der Waals surface area contributed by atoms with E-state index in [1.807, 2.05) is 15.8 Å². The smallest absolute Gasteiger partial charge is 0.210 e. The van der Waals surface area contributed by atoms with Crippen molar-refractivity contribution in [2.75, 3.05) is 19.8 Å². The second kappa shape index (κ2) is 3.68. The quantitative estimate of drug-likeness (QED) is 0.736. The summed E-state index contributed by atoms with van der Waals surface area (Å²) in [4.78, 5) is 12.7. The number of nitrogens with zero attached hydrogens (tertiary/aromatic N) is 3. The van der Waals surface area contributed by atoms with E-state index < -0.39 is 0 Å². The molecule has 1 amide bonds. The number of aromatic nitrogens is 2. The highest BCUT2D eigenvalue weighted by Crippen LogP contribution is 2.41. The fourth-order valence-electron chi connectivity index (χ4n) is 3.14. The van der Waals surface area contributed by atoms with Gasteiger partial charge in [0.15, 0.2) is 0 Å². The molecule has 3 heterocycles. The normalized spacial score (nSPS) is 30.4. The van der Waals surface area contributed by atoms with Crippen LogP contribution >= 0.6 is 0 Å². The summed E-state index contributed by atoms with van der Waals surface area (Å²) in [6, 6.07) is 0.710. The third-order valence-electron chi connectivity index (χ3n) is 4.26. The summed E-state index contributed by atoms with van der Waals surface area (Å²) >= 11 is 0. The Morgan fingerprint density at radius 2 is 2.33 bits per heavy atom. The number of ether oxygens (including phenoxy) is 1. The van der Waals surface area contributed by atoms with Gasteiger partial charge in [-0.05, 0) is 12.0 Å². The number of hydrogen-bond acceptors (Lipinski definition) is 3. The number of carbonyl (C=O) groups is 1. The highest BCUT2D eigenvalue weighted by atomic mass is 16.5. The summed E-state index contributed by atoms with van der Waals surface area (Å²) in [6.45, 7) is 2.40. The van der Waals surface area contributed by atoms with E-state index >= 15 is 0 Å². The van der Waals surface area contributed by atoms with Gasteiger partial charge in [0, 0.05) is 24.2 Å². The highest BCUT2D eigenvalue weighted by molar-refractivity contribution is 5.72. The molecule has 2 unspecified atom stereocenters. The Hall–Kier alpha value is -1.62. The lowest BCUT2D eigenvalue weighted by Gasteiger charge is -2.26. The summed E-state index contributed by atoms with van der Waals surface area (Å²) in [5.41, 5.74) is 2.57. The molecule has 94 valence electrons. The minimum Gasteiger partial charge on any atom is -0.377 e. The lowest BCUT2D eigenvalue weighted by molar-refractivity contribution is -0.118. The number of fused-ring (bicyclic) bond motifs is 2. The molecule has 1 aromatic heterocycles. The lowest BCUT2D eigenvalue weighted by Crippen LogP contribution is -2.30. The molecule has 18 heavy (non-hydrogen) atoms. The average molecular weight is 245 g/mol. The topological polar surface area (TPSA) is 47.4 Å². The van der Waals surface area contributed by atoms with Gasteiger partial charge in [-0.2, -0.15) is 5.10 Å². The van der Waals surface area contributed by atoms with Gasteiger partial charge in [0.25, 0.3) is 0 Å². The Morgan fingerprint density at radius 3 is 2.94 bits per heavy atom. The van der Waals surface area contributed by atoms with E-state index in [0.29, 0.717) is 18.0 Å². The largest absolute Gasteiger partial charge is 0.377 e. The van der Waals surface area contributed by atoms with E-state index in [4.69, 9.17) is 4.74 Å². The highest BCUT2D eigenvalue weighted by Gasteiger charge is 2.39. The van der Waals surface area contributed by atoms with Gasteiger partial charge in [-0.15, -0.1) is 0 Å². The molecule has 0 spiro atoms. The van der Waals surface area contributed by atoms with E-state index in [1.54, 1.807) is 0 Å². The van der Waals surface area contributed by atoms with Crippen LogP contribution in [0.1, 0.15) is 18.0 Å². The van der Waals surface area contributed by atoms with Crippen LogP contribution in [0.5, 0.6) is 0 Å². The lowest BCUT2D eigenvalue weighted by atomic mass is 9.98. The standard InChI is InChI=1S/C13H15N3O2/c17-8-15-4-9-1-11(15)2-13(9)10-3-14-16(5-10)12-6-18-7-12/h2-3,5,8-9,11-12H,1,4,6-7H2. The molecule has 2 bridgehead atoms. The van der Waals surface area contributed by atoms with Crippen LogP contribution in [0.3, 0.4) is 0 Å².